The van der Waals surface area contributed by atoms with Gasteiger partial charge < -0.3 is 4.74 Å². The van der Waals surface area contributed by atoms with Crippen molar-refractivity contribution >= 4 is 11.7 Å². The third-order valence-electron chi connectivity index (χ3n) is 2.40. The largest absolute Gasteiger partial charge is 0.465 e. The van der Waals surface area contributed by atoms with Crippen LogP contribution in [0.15, 0.2) is 30.7 Å². The van der Waals surface area contributed by atoms with Crippen LogP contribution in [0.4, 0.5) is 5.69 Å². The quantitative estimate of drug-likeness (QED) is 0.463. The van der Waals surface area contributed by atoms with Crippen LogP contribution in [0.2, 0.25) is 0 Å². The SMILES string of the molecule is COC(=O)c1ccc(Cn2cc([N+](=O)[O-])cn2)nc1. The molecule has 0 aliphatic carbocycles. The second-order valence-electron chi connectivity index (χ2n) is 3.68. The molecule has 0 bridgehead atoms. The maximum atomic E-state index is 11.2. The number of carbonyl (C=O) groups excluding carboxylic acids is 1. The van der Waals surface area contributed by atoms with Crippen molar-refractivity contribution in [2.24, 2.45) is 0 Å². The molecule has 0 amide bonds. The summed E-state index contributed by atoms with van der Waals surface area (Å²) >= 11 is 0. The van der Waals surface area contributed by atoms with Gasteiger partial charge in [0, 0.05) is 6.20 Å². The lowest BCUT2D eigenvalue weighted by atomic mass is 10.2. The molecular weight excluding hydrogens is 252 g/mol. The number of hydrogen-bond donors (Lipinski definition) is 0. The van der Waals surface area contributed by atoms with Crippen LogP contribution in [0.1, 0.15) is 16.1 Å². The monoisotopic (exact) mass is 262 g/mol. The number of hydrogen-bond acceptors (Lipinski definition) is 6. The van der Waals surface area contributed by atoms with Crippen LogP contribution in [-0.2, 0) is 11.3 Å². The van der Waals surface area contributed by atoms with E-state index in [0.717, 1.165) is 0 Å². The van der Waals surface area contributed by atoms with Crippen molar-refractivity contribution in [3.63, 3.8) is 0 Å². The van der Waals surface area contributed by atoms with Crippen LogP contribution in [-0.4, -0.2) is 32.8 Å². The van der Waals surface area contributed by atoms with Gasteiger partial charge in [0.2, 0.25) is 0 Å². The molecule has 2 aromatic heterocycles. The summed E-state index contributed by atoms with van der Waals surface area (Å²) in [6.07, 6.45) is 3.87. The maximum absolute atomic E-state index is 11.2. The molecule has 0 radical (unpaired) electrons. The van der Waals surface area contributed by atoms with Gasteiger partial charge in [-0.15, -0.1) is 0 Å². The van der Waals surface area contributed by atoms with Gasteiger partial charge in [-0.05, 0) is 12.1 Å². The molecule has 8 nitrogen and oxygen atoms in total. The van der Waals surface area contributed by atoms with Crippen LogP contribution in [0, 0.1) is 10.1 Å². The molecule has 98 valence electrons. The summed E-state index contributed by atoms with van der Waals surface area (Å²) in [5.41, 5.74) is 0.898. The standard InChI is InChI=1S/C11H10N4O4/c1-19-11(16)8-2-3-9(12-4-8)6-14-7-10(5-13-14)15(17)18/h2-5,7H,6H2,1H3. The summed E-state index contributed by atoms with van der Waals surface area (Å²) in [5.74, 6) is -0.464. The van der Waals surface area contributed by atoms with E-state index in [4.69, 9.17) is 0 Å². The summed E-state index contributed by atoms with van der Waals surface area (Å²) in [5, 5.41) is 14.4. The van der Waals surface area contributed by atoms with E-state index in [-0.39, 0.29) is 12.2 Å². The first-order valence-electron chi connectivity index (χ1n) is 5.30. The van der Waals surface area contributed by atoms with E-state index in [1.54, 1.807) is 12.1 Å². The van der Waals surface area contributed by atoms with Gasteiger partial charge in [0.25, 0.3) is 0 Å². The first-order chi connectivity index (χ1) is 9.10. The van der Waals surface area contributed by atoms with Crippen LogP contribution >= 0.6 is 0 Å². The molecule has 0 N–H and O–H groups in total. The highest BCUT2D eigenvalue weighted by molar-refractivity contribution is 5.88. The minimum Gasteiger partial charge on any atom is -0.465 e. The molecular formula is C11H10N4O4. The van der Waals surface area contributed by atoms with E-state index in [9.17, 15) is 14.9 Å². The fourth-order valence-corrected chi connectivity index (χ4v) is 1.46. The summed E-state index contributed by atoms with van der Waals surface area (Å²) in [7, 11) is 1.29. The Balaban J connectivity index is 2.10. The lowest BCUT2D eigenvalue weighted by Crippen LogP contribution is -2.05. The first-order valence-corrected chi connectivity index (χ1v) is 5.30. The van der Waals surface area contributed by atoms with E-state index in [1.807, 2.05) is 0 Å². The predicted octanol–water partition coefficient (Wildman–Crippen LogP) is 1.02. The summed E-state index contributed by atoms with van der Waals surface area (Å²) in [4.78, 5) is 25.3. The van der Waals surface area contributed by atoms with E-state index in [2.05, 4.69) is 14.8 Å². The first kappa shape index (κ1) is 12.7. The summed E-state index contributed by atoms with van der Waals surface area (Å²) in [6, 6.07) is 3.21. The number of carbonyl (C=O) groups is 1. The van der Waals surface area contributed by atoms with Gasteiger partial charge in [-0.3, -0.25) is 19.8 Å². The van der Waals surface area contributed by atoms with E-state index in [1.165, 1.54) is 30.4 Å². The highest BCUT2D eigenvalue weighted by Crippen LogP contribution is 2.09. The third kappa shape index (κ3) is 2.92. The van der Waals surface area contributed by atoms with Gasteiger partial charge in [0.05, 0.1) is 29.8 Å². The van der Waals surface area contributed by atoms with Crippen LogP contribution in [0.5, 0.6) is 0 Å². The Hall–Kier alpha value is -2.77. The van der Waals surface area contributed by atoms with Crippen LogP contribution in [0.3, 0.4) is 0 Å². The van der Waals surface area contributed by atoms with Crippen molar-refractivity contribution in [2.75, 3.05) is 7.11 Å². The molecule has 2 rings (SSSR count). The van der Waals surface area contributed by atoms with Crippen molar-refractivity contribution in [3.8, 4) is 0 Å². The van der Waals surface area contributed by atoms with E-state index < -0.39 is 10.9 Å². The molecule has 0 spiro atoms. The zero-order valence-corrected chi connectivity index (χ0v) is 10.0. The molecule has 0 fully saturated rings. The number of rotatable bonds is 4. The molecule has 0 saturated heterocycles. The highest BCUT2D eigenvalue weighted by Gasteiger charge is 2.10. The number of pyridine rings is 1. The number of ether oxygens (including phenoxy) is 1. The fourth-order valence-electron chi connectivity index (χ4n) is 1.46. The minimum atomic E-state index is -0.517. The van der Waals surface area contributed by atoms with Gasteiger partial charge in [-0.1, -0.05) is 0 Å². The Kier molecular flexibility index (Phi) is 3.51. The number of nitro groups is 1. The summed E-state index contributed by atoms with van der Waals surface area (Å²) in [6.45, 7) is 0.287. The Labute approximate surface area is 107 Å². The zero-order valence-electron chi connectivity index (χ0n) is 10.0. The topological polar surface area (TPSA) is 100 Å². The second-order valence-corrected chi connectivity index (χ2v) is 3.68. The summed E-state index contributed by atoms with van der Waals surface area (Å²) < 4.78 is 5.95. The molecule has 2 heterocycles. The Morgan fingerprint density at radius 3 is 2.79 bits per heavy atom. The normalized spacial score (nSPS) is 10.2. The number of esters is 1. The lowest BCUT2D eigenvalue weighted by Gasteiger charge is -2.02. The Morgan fingerprint density at radius 2 is 2.26 bits per heavy atom. The number of nitrogens with zero attached hydrogens (tertiary/aromatic N) is 4. The second kappa shape index (κ2) is 5.25. The molecule has 8 heteroatoms. The van der Waals surface area contributed by atoms with Gasteiger partial charge in [-0.25, -0.2) is 4.79 Å². The Morgan fingerprint density at radius 1 is 1.47 bits per heavy atom. The van der Waals surface area contributed by atoms with Crippen LogP contribution in [0.25, 0.3) is 0 Å². The third-order valence-corrected chi connectivity index (χ3v) is 2.40. The molecule has 0 unspecified atom stereocenters. The molecule has 0 aromatic carbocycles. The van der Waals surface area contributed by atoms with Gasteiger partial charge in [0.15, 0.2) is 0 Å². The van der Waals surface area contributed by atoms with E-state index in [0.29, 0.717) is 11.3 Å². The molecule has 0 saturated carbocycles. The van der Waals surface area contributed by atoms with Gasteiger partial charge in [0.1, 0.15) is 12.4 Å². The number of aromatic nitrogens is 3. The predicted molar refractivity (Wildman–Crippen MR) is 63.6 cm³/mol. The van der Waals surface area contributed by atoms with Crippen molar-refractivity contribution in [1.82, 2.24) is 14.8 Å². The average Bonchev–Trinajstić information content (AvgIpc) is 2.87. The molecule has 2 aromatic rings. The molecule has 19 heavy (non-hydrogen) atoms. The van der Waals surface area contributed by atoms with E-state index >= 15 is 0 Å². The Bertz CT molecular complexity index is 605. The molecule has 0 aliphatic rings. The smallest absolute Gasteiger partial charge is 0.339 e. The minimum absolute atomic E-state index is 0.0776. The highest BCUT2D eigenvalue weighted by atomic mass is 16.6. The maximum Gasteiger partial charge on any atom is 0.339 e. The molecule has 0 aliphatic heterocycles. The van der Waals surface area contributed by atoms with Gasteiger partial charge >= 0.3 is 11.7 Å². The van der Waals surface area contributed by atoms with Crippen molar-refractivity contribution < 1.29 is 14.5 Å². The van der Waals surface area contributed by atoms with Crippen molar-refractivity contribution in [3.05, 3.63) is 52.1 Å². The fraction of sp³-hybridized carbons (Fsp3) is 0.182. The average molecular weight is 262 g/mol. The van der Waals surface area contributed by atoms with Crippen LogP contribution < -0.4 is 0 Å². The molecule has 0 atom stereocenters. The van der Waals surface area contributed by atoms with Crippen molar-refractivity contribution in [1.29, 1.82) is 0 Å². The zero-order chi connectivity index (χ0) is 13.8. The lowest BCUT2D eigenvalue weighted by molar-refractivity contribution is -0.385. The van der Waals surface area contributed by atoms with Crippen molar-refractivity contribution in [2.45, 2.75) is 6.54 Å². The van der Waals surface area contributed by atoms with Gasteiger partial charge in [-0.2, -0.15) is 5.10 Å². The number of methoxy groups -OCH3 is 1.